The van der Waals surface area contributed by atoms with Gasteiger partial charge >= 0.3 is 6.09 Å². The van der Waals surface area contributed by atoms with Crippen LogP contribution in [0.15, 0.2) is 0 Å². The third-order valence-corrected chi connectivity index (χ3v) is 5.03. The third-order valence-electron chi connectivity index (χ3n) is 3.25. The van der Waals surface area contributed by atoms with E-state index >= 15 is 0 Å². The van der Waals surface area contributed by atoms with Gasteiger partial charge in [0.1, 0.15) is 0 Å². The van der Waals surface area contributed by atoms with Crippen LogP contribution < -0.4 is 10.5 Å². The van der Waals surface area contributed by atoms with Gasteiger partial charge in [0.2, 0.25) is 10.0 Å². The maximum Gasteiger partial charge on any atom is 0.405 e. The fraction of sp³-hybridized carbons (Fsp3) is 0.917. The van der Waals surface area contributed by atoms with Gasteiger partial charge in [-0.25, -0.2) is 18.4 Å². The minimum atomic E-state index is -3.25. The van der Waals surface area contributed by atoms with E-state index in [4.69, 9.17) is 10.2 Å². The van der Waals surface area contributed by atoms with Crippen LogP contribution in [0.3, 0.4) is 0 Å². The molecule has 6 nitrogen and oxygen atoms in total. The summed E-state index contributed by atoms with van der Waals surface area (Å²) in [5, 5.41) is 15.6. The molecule has 2 aliphatic rings. The summed E-state index contributed by atoms with van der Waals surface area (Å²) < 4.78 is 21.6. The average molecular weight is 292 g/mol. The zero-order valence-electron chi connectivity index (χ0n) is 11.8. The fourth-order valence-electron chi connectivity index (χ4n) is 1.91. The van der Waals surface area contributed by atoms with Crippen molar-refractivity contribution in [2.24, 2.45) is 11.1 Å². The highest BCUT2D eigenvalue weighted by molar-refractivity contribution is 7.90. The van der Waals surface area contributed by atoms with Crippen molar-refractivity contribution in [1.82, 2.24) is 5.32 Å². The molecule has 0 aliphatic heterocycles. The van der Waals surface area contributed by atoms with Gasteiger partial charge in [0, 0.05) is 5.54 Å². The molecule has 2 fully saturated rings. The van der Waals surface area contributed by atoms with Crippen LogP contribution in [0.25, 0.3) is 0 Å². The van der Waals surface area contributed by atoms with Crippen LogP contribution in [0.2, 0.25) is 0 Å². The molecule has 0 aromatic carbocycles. The molecule has 2 saturated carbocycles. The van der Waals surface area contributed by atoms with Crippen molar-refractivity contribution in [2.75, 3.05) is 0 Å². The van der Waals surface area contributed by atoms with E-state index in [1.807, 2.05) is 0 Å². The van der Waals surface area contributed by atoms with E-state index in [2.05, 4.69) is 5.32 Å². The largest absolute Gasteiger partial charge is 0.465 e. The maximum absolute atomic E-state index is 11.1. The summed E-state index contributed by atoms with van der Waals surface area (Å²) in [7, 11) is -3.25. The minimum absolute atomic E-state index is 0.328. The number of carboxylic acid groups (broad SMARTS) is 1. The first-order chi connectivity index (χ1) is 8.45. The van der Waals surface area contributed by atoms with Crippen molar-refractivity contribution < 1.29 is 18.3 Å². The smallest absolute Gasteiger partial charge is 0.405 e. The van der Waals surface area contributed by atoms with Crippen LogP contribution in [-0.2, 0) is 10.0 Å². The minimum Gasteiger partial charge on any atom is -0.465 e. The normalized spacial score (nSPS) is 21.1. The highest BCUT2D eigenvalue weighted by atomic mass is 32.2. The Morgan fingerprint density at radius 1 is 1.37 bits per heavy atom. The highest BCUT2D eigenvalue weighted by Gasteiger charge is 2.54. The summed E-state index contributed by atoms with van der Waals surface area (Å²) in [5.41, 5.74) is -0.328. The molecule has 112 valence electrons. The quantitative estimate of drug-likeness (QED) is 0.734. The zero-order valence-corrected chi connectivity index (χ0v) is 12.6. The number of carbonyl (C=O) groups is 1. The van der Waals surface area contributed by atoms with Crippen LogP contribution in [-0.4, -0.2) is 29.9 Å². The van der Waals surface area contributed by atoms with Crippen LogP contribution >= 0.6 is 0 Å². The van der Waals surface area contributed by atoms with E-state index < -0.39 is 20.9 Å². The van der Waals surface area contributed by atoms with Gasteiger partial charge in [0.25, 0.3) is 0 Å². The summed E-state index contributed by atoms with van der Waals surface area (Å²) in [6.45, 7) is 5.38. The van der Waals surface area contributed by atoms with Gasteiger partial charge in [-0.05, 0) is 46.0 Å². The summed E-state index contributed by atoms with van der Waals surface area (Å²) >= 11 is 0. The molecule has 0 spiro atoms. The molecule has 0 aromatic rings. The summed E-state index contributed by atoms with van der Waals surface area (Å²) in [4.78, 5) is 9.90. The Hall–Kier alpha value is -0.820. The van der Waals surface area contributed by atoms with Crippen molar-refractivity contribution in [3.8, 4) is 0 Å². The van der Waals surface area contributed by atoms with Gasteiger partial charge in [-0.1, -0.05) is 12.8 Å². The number of amides is 1. The number of primary sulfonamides is 1. The molecule has 19 heavy (non-hydrogen) atoms. The van der Waals surface area contributed by atoms with E-state index in [-0.39, 0.29) is 5.54 Å². The Morgan fingerprint density at radius 2 is 1.84 bits per heavy atom. The van der Waals surface area contributed by atoms with Gasteiger partial charge in [-0.3, -0.25) is 0 Å². The highest BCUT2D eigenvalue weighted by Crippen LogP contribution is 2.51. The lowest BCUT2D eigenvalue weighted by Gasteiger charge is -2.16. The van der Waals surface area contributed by atoms with Gasteiger partial charge in [0.05, 0.1) is 4.75 Å². The number of hydrogen-bond acceptors (Lipinski definition) is 3. The number of hydrogen-bond donors (Lipinski definition) is 3. The molecule has 0 atom stereocenters. The molecule has 4 N–H and O–H groups in total. The molecule has 1 amide bonds. The second kappa shape index (κ2) is 5.28. The van der Waals surface area contributed by atoms with E-state index in [1.165, 1.54) is 12.8 Å². The van der Waals surface area contributed by atoms with E-state index in [0.717, 1.165) is 19.3 Å². The fourth-order valence-corrected chi connectivity index (χ4v) is 3.05. The zero-order chi connectivity index (χ0) is 14.9. The Kier molecular flexibility index (Phi) is 4.51. The molecule has 0 saturated heterocycles. The predicted octanol–water partition coefficient (Wildman–Crippen LogP) is 1.66. The molecule has 0 heterocycles. The maximum atomic E-state index is 11.1. The molecular formula is C12H24N2O4S. The SMILES string of the molecule is CC(C)(C)NC(=O)O.NS(=O)(=O)C1(CC2CC2)CC1. The van der Waals surface area contributed by atoms with E-state index in [1.54, 1.807) is 20.8 Å². The molecule has 0 bridgehead atoms. The van der Waals surface area contributed by atoms with Gasteiger partial charge < -0.3 is 10.4 Å². The van der Waals surface area contributed by atoms with Crippen molar-refractivity contribution in [3.63, 3.8) is 0 Å². The lowest BCUT2D eigenvalue weighted by atomic mass is 10.1. The number of nitrogens with two attached hydrogens (primary N) is 1. The van der Waals surface area contributed by atoms with E-state index in [0.29, 0.717) is 5.92 Å². The second-order valence-electron chi connectivity index (χ2n) is 6.56. The molecular weight excluding hydrogens is 268 g/mol. The first-order valence-electron chi connectivity index (χ1n) is 6.49. The van der Waals surface area contributed by atoms with Crippen LogP contribution in [0.4, 0.5) is 4.79 Å². The van der Waals surface area contributed by atoms with E-state index in [9.17, 15) is 13.2 Å². The van der Waals surface area contributed by atoms with Crippen LogP contribution in [0, 0.1) is 5.92 Å². The topological polar surface area (TPSA) is 109 Å². The molecule has 0 aromatic heterocycles. The van der Waals surface area contributed by atoms with Crippen molar-refractivity contribution >= 4 is 16.1 Å². The second-order valence-corrected chi connectivity index (χ2v) is 8.51. The summed E-state index contributed by atoms with van der Waals surface area (Å²) in [6.07, 6.45) is 3.85. The Morgan fingerprint density at radius 3 is 2.00 bits per heavy atom. The van der Waals surface area contributed by atoms with Crippen molar-refractivity contribution in [2.45, 2.75) is 63.2 Å². The molecule has 0 radical (unpaired) electrons. The van der Waals surface area contributed by atoms with Gasteiger partial charge in [-0.15, -0.1) is 0 Å². The first-order valence-corrected chi connectivity index (χ1v) is 8.03. The van der Waals surface area contributed by atoms with Crippen LogP contribution in [0.1, 0.15) is 52.9 Å². The number of sulfonamides is 1. The molecule has 7 heteroatoms. The van der Waals surface area contributed by atoms with Gasteiger partial charge in [0.15, 0.2) is 0 Å². The first kappa shape index (κ1) is 16.2. The molecule has 2 rings (SSSR count). The Labute approximate surface area is 114 Å². The predicted molar refractivity (Wildman–Crippen MR) is 73.3 cm³/mol. The van der Waals surface area contributed by atoms with Crippen molar-refractivity contribution in [3.05, 3.63) is 0 Å². The summed E-state index contributed by atoms with van der Waals surface area (Å²) in [5.74, 6) is 0.663. The molecule has 2 aliphatic carbocycles. The Balaban J connectivity index is 0.000000203. The van der Waals surface area contributed by atoms with Crippen molar-refractivity contribution in [1.29, 1.82) is 0 Å². The number of nitrogens with one attached hydrogen (secondary N) is 1. The van der Waals surface area contributed by atoms with Crippen LogP contribution in [0.5, 0.6) is 0 Å². The van der Waals surface area contributed by atoms with Gasteiger partial charge in [-0.2, -0.15) is 0 Å². The molecule has 0 unspecified atom stereocenters. The average Bonchev–Trinajstić information content (AvgIpc) is 2.95. The lowest BCUT2D eigenvalue weighted by molar-refractivity contribution is 0.184. The lowest BCUT2D eigenvalue weighted by Crippen LogP contribution is -2.39. The Bertz CT molecular complexity index is 431. The standard InChI is InChI=1S/C7H13NO2S.C5H11NO2/c8-11(9,10)7(3-4-7)5-6-1-2-6;1-5(2,3)6-4(7)8/h6H,1-5H2,(H2,8,9,10);6H,1-3H3,(H,7,8). The monoisotopic (exact) mass is 292 g/mol. The number of rotatable bonds is 3. The summed E-state index contributed by atoms with van der Waals surface area (Å²) in [6, 6.07) is 0. The third kappa shape index (κ3) is 5.78.